The lowest BCUT2D eigenvalue weighted by Gasteiger charge is -2.36. The fraction of sp³-hybridized carbons (Fsp3) is 0.529. The molecule has 0 radical (unpaired) electrons. The molecule has 8 heteroatoms. The summed E-state index contributed by atoms with van der Waals surface area (Å²) < 4.78 is 45.4. The summed E-state index contributed by atoms with van der Waals surface area (Å²) in [4.78, 5) is 4.28. The van der Waals surface area contributed by atoms with E-state index in [-0.39, 0.29) is 5.04 Å². The molecule has 0 aliphatic heterocycles. The molecule has 0 fully saturated rings. The van der Waals surface area contributed by atoms with Gasteiger partial charge in [-0.05, 0) is 30.3 Å². The SMILES string of the molecule is CC(C)(C)[Si](C)(C)OCc1cccnc1-c1ccnn1CC(F)(F)F. The third-order valence-corrected chi connectivity index (χ3v) is 9.05. The van der Waals surface area contributed by atoms with E-state index in [4.69, 9.17) is 4.43 Å². The van der Waals surface area contributed by atoms with Crippen LogP contribution in [0.15, 0.2) is 30.6 Å². The molecular formula is C17H24F3N3OSi. The lowest BCUT2D eigenvalue weighted by atomic mass is 10.1. The Balaban J connectivity index is 2.30. The van der Waals surface area contributed by atoms with Crippen LogP contribution in [0.2, 0.25) is 18.1 Å². The van der Waals surface area contributed by atoms with Gasteiger partial charge in [-0.3, -0.25) is 9.67 Å². The zero-order valence-electron chi connectivity index (χ0n) is 15.2. The number of hydrogen-bond donors (Lipinski definition) is 0. The number of hydrogen-bond acceptors (Lipinski definition) is 3. The highest BCUT2D eigenvalue weighted by molar-refractivity contribution is 6.74. The monoisotopic (exact) mass is 371 g/mol. The fourth-order valence-electron chi connectivity index (χ4n) is 2.09. The summed E-state index contributed by atoms with van der Waals surface area (Å²) in [5, 5.41) is 3.84. The van der Waals surface area contributed by atoms with Crippen molar-refractivity contribution < 1.29 is 17.6 Å². The van der Waals surface area contributed by atoms with E-state index in [2.05, 4.69) is 43.9 Å². The van der Waals surface area contributed by atoms with Crippen molar-refractivity contribution in [1.29, 1.82) is 0 Å². The highest BCUT2D eigenvalue weighted by atomic mass is 28.4. The molecule has 0 N–H and O–H groups in total. The first-order valence-electron chi connectivity index (χ1n) is 8.07. The van der Waals surface area contributed by atoms with Crippen molar-refractivity contribution in [1.82, 2.24) is 14.8 Å². The molecule has 0 amide bonds. The quantitative estimate of drug-likeness (QED) is 0.692. The number of rotatable bonds is 5. The Morgan fingerprint density at radius 3 is 2.40 bits per heavy atom. The van der Waals surface area contributed by atoms with Gasteiger partial charge in [0.2, 0.25) is 0 Å². The maximum atomic E-state index is 12.8. The molecule has 0 aromatic carbocycles. The highest BCUT2D eigenvalue weighted by Gasteiger charge is 2.37. The molecule has 4 nitrogen and oxygen atoms in total. The Kier molecular flexibility index (Phi) is 5.43. The summed E-state index contributed by atoms with van der Waals surface area (Å²) in [7, 11) is -1.98. The molecule has 0 aliphatic rings. The molecule has 2 aromatic heterocycles. The minimum Gasteiger partial charge on any atom is -0.412 e. The zero-order chi connectivity index (χ0) is 18.9. The predicted octanol–water partition coefficient (Wildman–Crippen LogP) is 5.03. The third kappa shape index (κ3) is 4.91. The molecule has 0 bridgehead atoms. The highest BCUT2D eigenvalue weighted by Crippen LogP contribution is 2.37. The van der Waals surface area contributed by atoms with Gasteiger partial charge in [-0.2, -0.15) is 18.3 Å². The van der Waals surface area contributed by atoms with Gasteiger partial charge in [0.05, 0.1) is 18.0 Å². The van der Waals surface area contributed by atoms with Crippen molar-refractivity contribution >= 4 is 8.32 Å². The fourth-order valence-corrected chi connectivity index (χ4v) is 3.04. The average Bonchev–Trinajstić information content (AvgIpc) is 2.90. The standard InChI is InChI=1S/C17H24F3N3OSi/c1-16(2,3)25(4,5)24-11-13-7-6-9-21-15(13)14-8-10-22-23(14)12-17(18,19)20/h6-10H,11-12H2,1-5H3. The van der Waals surface area contributed by atoms with Crippen molar-refractivity contribution in [3.05, 3.63) is 36.2 Å². The smallest absolute Gasteiger partial charge is 0.408 e. The van der Waals surface area contributed by atoms with Gasteiger partial charge in [0.25, 0.3) is 0 Å². The van der Waals surface area contributed by atoms with Crippen LogP contribution in [0.25, 0.3) is 11.4 Å². The Morgan fingerprint density at radius 2 is 1.80 bits per heavy atom. The molecule has 0 atom stereocenters. The van der Waals surface area contributed by atoms with Crippen molar-refractivity contribution in [2.24, 2.45) is 0 Å². The summed E-state index contributed by atoms with van der Waals surface area (Å²) in [6.07, 6.45) is -1.42. The van der Waals surface area contributed by atoms with Gasteiger partial charge in [0, 0.05) is 18.0 Å². The van der Waals surface area contributed by atoms with Gasteiger partial charge in [-0.25, -0.2) is 0 Å². The normalized spacial score (nSPS) is 13.3. The van der Waals surface area contributed by atoms with Gasteiger partial charge in [0.1, 0.15) is 6.54 Å². The van der Waals surface area contributed by atoms with E-state index in [1.54, 1.807) is 18.3 Å². The van der Waals surface area contributed by atoms with Crippen LogP contribution >= 0.6 is 0 Å². The van der Waals surface area contributed by atoms with E-state index >= 15 is 0 Å². The summed E-state index contributed by atoms with van der Waals surface area (Å²) in [6, 6.07) is 5.14. The number of pyridine rings is 1. The second-order valence-corrected chi connectivity index (χ2v) is 12.4. The molecule has 25 heavy (non-hydrogen) atoms. The summed E-state index contributed by atoms with van der Waals surface area (Å²) in [6.45, 7) is 9.87. The number of alkyl halides is 3. The predicted molar refractivity (Wildman–Crippen MR) is 93.5 cm³/mol. The molecule has 138 valence electrons. The average molecular weight is 371 g/mol. The lowest BCUT2D eigenvalue weighted by Crippen LogP contribution is -2.40. The molecule has 2 aromatic rings. The number of nitrogens with zero attached hydrogens (tertiary/aromatic N) is 3. The first kappa shape index (κ1) is 19.6. The van der Waals surface area contributed by atoms with E-state index in [1.807, 2.05) is 6.07 Å². The van der Waals surface area contributed by atoms with Crippen molar-refractivity contribution in [3.63, 3.8) is 0 Å². The van der Waals surface area contributed by atoms with E-state index < -0.39 is 21.0 Å². The minimum absolute atomic E-state index is 0.0490. The van der Waals surface area contributed by atoms with Gasteiger partial charge in [-0.1, -0.05) is 26.8 Å². The Morgan fingerprint density at radius 1 is 1.12 bits per heavy atom. The van der Waals surface area contributed by atoms with Crippen molar-refractivity contribution in [2.75, 3.05) is 0 Å². The van der Waals surface area contributed by atoms with Crippen LogP contribution in [0.3, 0.4) is 0 Å². The van der Waals surface area contributed by atoms with Crippen LogP contribution < -0.4 is 0 Å². The summed E-state index contributed by atoms with van der Waals surface area (Å²) >= 11 is 0. The van der Waals surface area contributed by atoms with Crippen LogP contribution in [0.4, 0.5) is 13.2 Å². The first-order chi connectivity index (χ1) is 11.4. The Labute approximate surface area is 147 Å². The van der Waals surface area contributed by atoms with Gasteiger partial charge in [-0.15, -0.1) is 0 Å². The van der Waals surface area contributed by atoms with Crippen molar-refractivity contribution in [2.45, 2.75) is 58.2 Å². The molecule has 0 spiro atoms. The minimum atomic E-state index is -4.34. The molecule has 0 aliphatic carbocycles. The van der Waals surface area contributed by atoms with Gasteiger partial charge in [0.15, 0.2) is 8.32 Å². The third-order valence-electron chi connectivity index (χ3n) is 4.57. The van der Waals surface area contributed by atoms with E-state index in [0.717, 1.165) is 10.2 Å². The number of halogens is 3. The van der Waals surface area contributed by atoms with Gasteiger partial charge < -0.3 is 4.43 Å². The van der Waals surface area contributed by atoms with Crippen LogP contribution in [0, 0.1) is 0 Å². The maximum Gasteiger partial charge on any atom is 0.408 e. The molecular weight excluding hydrogens is 347 g/mol. The lowest BCUT2D eigenvalue weighted by molar-refractivity contribution is -0.142. The van der Waals surface area contributed by atoms with Crippen LogP contribution in [-0.2, 0) is 17.6 Å². The van der Waals surface area contributed by atoms with E-state index in [9.17, 15) is 13.2 Å². The Bertz CT molecular complexity index is 720. The Hall–Kier alpha value is -1.67. The second-order valence-electron chi connectivity index (χ2n) is 7.55. The van der Waals surface area contributed by atoms with E-state index in [1.165, 1.54) is 6.20 Å². The second kappa shape index (κ2) is 6.91. The van der Waals surface area contributed by atoms with Crippen LogP contribution in [-0.4, -0.2) is 29.3 Å². The van der Waals surface area contributed by atoms with Crippen molar-refractivity contribution in [3.8, 4) is 11.4 Å². The van der Waals surface area contributed by atoms with Crippen LogP contribution in [0.5, 0.6) is 0 Å². The molecule has 0 saturated heterocycles. The molecule has 2 rings (SSSR count). The van der Waals surface area contributed by atoms with Gasteiger partial charge >= 0.3 is 6.18 Å². The summed E-state index contributed by atoms with van der Waals surface area (Å²) in [5.41, 5.74) is 1.57. The molecule has 0 unspecified atom stereocenters. The summed E-state index contributed by atoms with van der Waals surface area (Å²) in [5.74, 6) is 0. The topological polar surface area (TPSA) is 39.9 Å². The maximum absolute atomic E-state index is 12.8. The molecule has 2 heterocycles. The van der Waals surface area contributed by atoms with Crippen LogP contribution in [0.1, 0.15) is 26.3 Å². The largest absolute Gasteiger partial charge is 0.412 e. The van der Waals surface area contributed by atoms with E-state index in [0.29, 0.717) is 18.0 Å². The number of aromatic nitrogens is 3. The molecule has 0 saturated carbocycles. The first-order valence-corrected chi connectivity index (χ1v) is 11.0. The zero-order valence-corrected chi connectivity index (χ0v) is 16.2.